The first-order chi connectivity index (χ1) is 10.7. The van der Waals surface area contributed by atoms with E-state index in [9.17, 15) is 13.0 Å². The van der Waals surface area contributed by atoms with Crippen LogP contribution in [0, 0.1) is 6.92 Å². The molecular weight excluding hydrogens is 356 g/mol. The fourth-order valence-corrected chi connectivity index (χ4v) is 3.51. The Kier molecular flexibility index (Phi) is 5.26. The third-order valence-corrected chi connectivity index (χ3v) is 5.25. The molecule has 5 nitrogen and oxygen atoms in total. The third-order valence-electron chi connectivity index (χ3n) is 3.14. The smallest absolute Gasteiger partial charge is 0.332 e. The molecule has 2 N–H and O–H groups in total. The monoisotopic (exact) mass is 370 g/mol. The molecule has 0 bridgehead atoms. The Morgan fingerprint density at radius 3 is 2.35 bits per heavy atom. The van der Waals surface area contributed by atoms with Gasteiger partial charge in [-0.15, -0.1) is 0 Å². The minimum atomic E-state index is -4.27. The number of nitrogen functional groups attached to an aromatic ring is 1. The van der Waals surface area contributed by atoms with Crippen molar-refractivity contribution in [1.82, 2.24) is 0 Å². The van der Waals surface area contributed by atoms with Crippen molar-refractivity contribution in [2.24, 2.45) is 7.05 Å². The summed E-state index contributed by atoms with van der Waals surface area (Å²) in [5.74, 6) is 0. The zero-order chi connectivity index (χ0) is 17.2. The number of fused-ring (bicyclic) bond motifs is 1. The van der Waals surface area contributed by atoms with Crippen LogP contribution in [0.3, 0.4) is 0 Å². The zero-order valence-electron chi connectivity index (χ0n) is 12.5. The number of aryl methyl sites for hydroxylation is 2. The molecule has 122 valence electrons. The van der Waals surface area contributed by atoms with Gasteiger partial charge >= 0.3 is 5.13 Å². The summed E-state index contributed by atoms with van der Waals surface area (Å²) >= 11 is 7.39. The van der Waals surface area contributed by atoms with E-state index in [0.717, 1.165) is 25.9 Å². The van der Waals surface area contributed by atoms with Crippen molar-refractivity contribution in [2.75, 3.05) is 5.73 Å². The Balaban J connectivity index is 0.000000168. The van der Waals surface area contributed by atoms with Crippen LogP contribution in [0.15, 0.2) is 47.4 Å². The van der Waals surface area contributed by atoms with Gasteiger partial charge in [0.1, 0.15) is 15.6 Å². The Bertz CT molecular complexity index is 935. The lowest BCUT2D eigenvalue weighted by Crippen LogP contribution is -2.29. The highest BCUT2D eigenvalue weighted by Crippen LogP contribution is 2.24. The summed E-state index contributed by atoms with van der Waals surface area (Å²) in [5.41, 5.74) is 7.80. The molecule has 3 rings (SSSR count). The molecule has 0 saturated carbocycles. The highest BCUT2D eigenvalue weighted by molar-refractivity contribution is 7.85. The summed E-state index contributed by atoms with van der Waals surface area (Å²) < 4.78 is 34.2. The fraction of sp³-hybridized carbons (Fsp3) is 0.133. The maximum absolute atomic E-state index is 10.4. The van der Waals surface area contributed by atoms with Crippen LogP contribution in [0.1, 0.15) is 5.56 Å². The first kappa shape index (κ1) is 17.7. The summed E-state index contributed by atoms with van der Waals surface area (Å²) in [5, 5.41) is 1.55. The fourth-order valence-electron chi connectivity index (χ4n) is 1.85. The Morgan fingerprint density at radius 1 is 1.17 bits per heavy atom. The van der Waals surface area contributed by atoms with Gasteiger partial charge in [0.25, 0.3) is 0 Å². The topological polar surface area (TPSA) is 87.1 Å². The van der Waals surface area contributed by atoms with Crippen molar-refractivity contribution in [3.8, 4) is 0 Å². The second-order valence-corrected chi connectivity index (χ2v) is 7.76. The van der Waals surface area contributed by atoms with Gasteiger partial charge in [0.15, 0.2) is 0 Å². The largest absolute Gasteiger partial charge is 0.744 e. The predicted octanol–water partition coefficient (Wildman–Crippen LogP) is 2.86. The molecule has 0 aliphatic heterocycles. The molecule has 0 fully saturated rings. The molecule has 0 atom stereocenters. The van der Waals surface area contributed by atoms with Crippen LogP contribution in [0.2, 0.25) is 5.02 Å². The maximum atomic E-state index is 10.4. The molecular formula is C15H15ClN2O3S2. The van der Waals surface area contributed by atoms with E-state index in [-0.39, 0.29) is 4.90 Å². The Morgan fingerprint density at radius 2 is 1.78 bits per heavy atom. The molecule has 1 aromatic heterocycles. The number of nitrogens with two attached hydrogens (primary N) is 1. The van der Waals surface area contributed by atoms with E-state index in [0.29, 0.717) is 0 Å². The lowest BCUT2D eigenvalue weighted by molar-refractivity contribution is -0.626. The Labute approximate surface area is 143 Å². The van der Waals surface area contributed by atoms with Crippen LogP contribution in [-0.4, -0.2) is 13.0 Å². The van der Waals surface area contributed by atoms with Gasteiger partial charge in [-0.3, -0.25) is 5.73 Å². The lowest BCUT2D eigenvalue weighted by Gasteiger charge is -2.05. The highest BCUT2D eigenvalue weighted by atomic mass is 35.5. The minimum Gasteiger partial charge on any atom is -0.744 e. The van der Waals surface area contributed by atoms with Gasteiger partial charge in [-0.2, -0.15) is 0 Å². The van der Waals surface area contributed by atoms with Gasteiger partial charge in [0, 0.05) is 5.02 Å². The Hall–Kier alpha value is -1.67. The van der Waals surface area contributed by atoms with Gasteiger partial charge in [0.2, 0.25) is 0 Å². The quantitative estimate of drug-likeness (QED) is 0.527. The standard InChI is InChI=1S/C8H7ClN2S.C7H8O3S/c1-11-6-3-2-5(9)4-7(6)12-8(11)10;1-6-2-4-7(5-3-6)11(8,9)10/h2-4,10H,1H3;2-5H,1H3,(H,8,9,10). The second-order valence-electron chi connectivity index (χ2n) is 4.88. The maximum Gasteiger partial charge on any atom is 0.332 e. The minimum absolute atomic E-state index is 0.178. The molecule has 0 saturated heterocycles. The van der Waals surface area contributed by atoms with Crippen LogP contribution < -0.4 is 10.3 Å². The van der Waals surface area contributed by atoms with Crippen molar-refractivity contribution in [2.45, 2.75) is 11.8 Å². The second kappa shape index (κ2) is 6.84. The molecule has 0 unspecified atom stereocenters. The lowest BCUT2D eigenvalue weighted by atomic mass is 10.2. The predicted molar refractivity (Wildman–Crippen MR) is 91.6 cm³/mol. The van der Waals surface area contributed by atoms with Crippen molar-refractivity contribution in [3.05, 3.63) is 53.1 Å². The highest BCUT2D eigenvalue weighted by Gasteiger charge is 2.10. The van der Waals surface area contributed by atoms with Gasteiger partial charge in [0.05, 0.1) is 16.6 Å². The molecule has 0 aliphatic rings. The number of thiazole rings is 1. The molecule has 0 amide bonds. The van der Waals surface area contributed by atoms with Crippen molar-refractivity contribution in [1.29, 1.82) is 0 Å². The molecule has 0 spiro atoms. The van der Waals surface area contributed by atoms with Crippen LogP contribution in [0.25, 0.3) is 10.2 Å². The first-order valence-corrected chi connectivity index (χ1v) is 9.15. The van der Waals surface area contributed by atoms with E-state index in [4.69, 9.17) is 17.3 Å². The molecule has 1 heterocycles. The van der Waals surface area contributed by atoms with Crippen LogP contribution in [0.4, 0.5) is 5.13 Å². The molecule has 23 heavy (non-hydrogen) atoms. The summed E-state index contributed by atoms with van der Waals surface area (Å²) in [4.78, 5) is -0.178. The SMILES string of the molecule is C[n+]1c(N)sc2cc(Cl)ccc21.Cc1ccc(S(=O)(=O)[O-])cc1. The third kappa shape index (κ3) is 4.42. The molecule has 0 aliphatic carbocycles. The van der Waals surface area contributed by atoms with E-state index in [1.807, 2.05) is 36.7 Å². The number of rotatable bonds is 1. The number of anilines is 1. The van der Waals surface area contributed by atoms with Gasteiger partial charge in [-0.25, -0.2) is 13.0 Å². The van der Waals surface area contributed by atoms with E-state index < -0.39 is 10.1 Å². The average molecular weight is 371 g/mol. The summed E-state index contributed by atoms with van der Waals surface area (Å²) in [6.07, 6.45) is 0. The van der Waals surface area contributed by atoms with Crippen LogP contribution in [-0.2, 0) is 17.2 Å². The molecule has 8 heteroatoms. The van der Waals surface area contributed by atoms with Gasteiger partial charge in [-0.05, 0) is 48.6 Å². The number of hydrogen-bond acceptors (Lipinski definition) is 5. The number of aromatic nitrogens is 1. The van der Waals surface area contributed by atoms with E-state index >= 15 is 0 Å². The first-order valence-electron chi connectivity index (χ1n) is 6.54. The molecule has 2 aromatic carbocycles. The normalized spacial score (nSPS) is 11.1. The van der Waals surface area contributed by atoms with Crippen molar-refractivity contribution >= 4 is 48.4 Å². The van der Waals surface area contributed by atoms with E-state index in [1.165, 1.54) is 12.1 Å². The number of benzene rings is 2. The summed E-state index contributed by atoms with van der Waals surface area (Å²) in [6.45, 7) is 1.82. The number of hydrogen-bond donors (Lipinski definition) is 1. The molecule has 0 radical (unpaired) electrons. The van der Waals surface area contributed by atoms with Crippen LogP contribution >= 0.6 is 22.9 Å². The number of nitrogens with zero attached hydrogens (tertiary/aromatic N) is 1. The van der Waals surface area contributed by atoms with Gasteiger partial charge < -0.3 is 4.55 Å². The van der Waals surface area contributed by atoms with E-state index in [1.54, 1.807) is 23.5 Å². The van der Waals surface area contributed by atoms with E-state index in [2.05, 4.69) is 0 Å². The summed E-state index contributed by atoms with van der Waals surface area (Å²) in [6, 6.07) is 11.6. The van der Waals surface area contributed by atoms with Gasteiger partial charge in [-0.1, -0.05) is 29.3 Å². The van der Waals surface area contributed by atoms with Crippen molar-refractivity contribution < 1.29 is 17.5 Å². The van der Waals surface area contributed by atoms with Crippen molar-refractivity contribution in [3.63, 3.8) is 0 Å². The molecule has 3 aromatic rings. The van der Waals surface area contributed by atoms with Crippen LogP contribution in [0.5, 0.6) is 0 Å². The summed E-state index contributed by atoms with van der Waals surface area (Å²) in [7, 11) is -2.32. The number of halogens is 1. The zero-order valence-corrected chi connectivity index (χ0v) is 14.9. The average Bonchev–Trinajstić information content (AvgIpc) is 2.73.